The van der Waals surface area contributed by atoms with Crippen LogP contribution in [-0.4, -0.2) is 34.5 Å². The summed E-state index contributed by atoms with van der Waals surface area (Å²) in [7, 11) is 0. The molecular formula is C18H23NO3. The first-order valence-corrected chi connectivity index (χ1v) is 8.12. The van der Waals surface area contributed by atoms with E-state index in [1.54, 1.807) is 4.90 Å². The van der Waals surface area contributed by atoms with Crippen molar-refractivity contribution in [2.75, 3.05) is 6.54 Å². The maximum absolute atomic E-state index is 12.5. The van der Waals surface area contributed by atoms with Crippen LogP contribution >= 0.6 is 0 Å². The molecule has 1 saturated heterocycles. The fourth-order valence-corrected chi connectivity index (χ4v) is 3.46. The molecule has 3 rings (SSSR count). The number of carboxylic acid groups (broad SMARTS) is 1. The molecule has 0 spiro atoms. The summed E-state index contributed by atoms with van der Waals surface area (Å²) in [5, 5.41) is 9.21. The first kappa shape index (κ1) is 15.1. The predicted molar refractivity (Wildman–Crippen MR) is 83.7 cm³/mol. The van der Waals surface area contributed by atoms with Gasteiger partial charge in [0.2, 0.25) is 5.91 Å². The number of carbonyl (C=O) groups is 2. The van der Waals surface area contributed by atoms with Gasteiger partial charge in [0.15, 0.2) is 0 Å². The van der Waals surface area contributed by atoms with Crippen molar-refractivity contribution in [3.05, 3.63) is 35.4 Å². The average molecular weight is 301 g/mol. The van der Waals surface area contributed by atoms with Crippen molar-refractivity contribution < 1.29 is 14.7 Å². The van der Waals surface area contributed by atoms with Crippen LogP contribution in [0.15, 0.2) is 24.3 Å². The molecule has 2 aliphatic rings. The van der Waals surface area contributed by atoms with Gasteiger partial charge < -0.3 is 10.0 Å². The summed E-state index contributed by atoms with van der Waals surface area (Å²) < 4.78 is 0. The van der Waals surface area contributed by atoms with Gasteiger partial charge in [0.1, 0.15) is 6.04 Å². The molecule has 2 fully saturated rings. The summed E-state index contributed by atoms with van der Waals surface area (Å²) in [4.78, 5) is 25.3. The van der Waals surface area contributed by atoms with Crippen molar-refractivity contribution in [3.8, 4) is 0 Å². The fraction of sp³-hybridized carbons (Fsp3) is 0.556. The normalized spacial score (nSPS) is 27.2. The van der Waals surface area contributed by atoms with Gasteiger partial charge in [0.05, 0.1) is 0 Å². The monoisotopic (exact) mass is 301 g/mol. The molecule has 1 aromatic carbocycles. The first-order valence-electron chi connectivity index (χ1n) is 8.12. The van der Waals surface area contributed by atoms with Gasteiger partial charge in [-0.1, -0.05) is 38.1 Å². The second-order valence-corrected chi connectivity index (χ2v) is 6.80. The second kappa shape index (κ2) is 5.75. The van der Waals surface area contributed by atoms with Crippen molar-refractivity contribution in [3.63, 3.8) is 0 Å². The fourth-order valence-electron chi connectivity index (χ4n) is 3.46. The quantitative estimate of drug-likeness (QED) is 0.930. The van der Waals surface area contributed by atoms with Crippen LogP contribution in [0.3, 0.4) is 0 Å². The van der Waals surface area contributed by atoms with E-state index in [9.17, 15) is 14.7 Å². The molecular weight excluding hydrogens is 278 g/mol. The number of carboxylic acids is 1. The van der Waals surface area contributed by atoms with Crippen molar-refractivity contribution >= 4 is 11.9 Å². The second-order valence-electron chi connectivity index (χ2n) is 6.80. The van der Waals surface area contributed by atoms with Gasteiger partial charge in [-0.05, 0) is 42.2 Å². The molecule has 3 atom stereocenters. The lowest BCUT2D eigenvalue weighted by atomic mass is 10.00. The number of hydrogen-bond donors (Lipinski definition) is 1. The Balaban J connectivity index is 1.66. The highest BCUT2D eigenvalue weighted by molar-refractivity contribution is 5.88. The SMILES string of the molecule is CC(C)c1ccc(C2CC2C(=O)N2CCC[C@H]2C(=O)O)cc1. The molecule has 1 heterocycles. The standard InChI is InChI=1S/C18H23NO3/c1-11(2)12-5-7-13(8-6-12)14-10-15(14)17(20)19-9-3-4-16(19)18(21)22/h5-8,11,14-16H,3-4,9-10H2,1-2H3,(H,21,22)/t14?,15?,16-/m0/s1. The lowest BCUT2D eigenvalue weighted by Gasteiger charge is -2.21. The maximum atomic E-state index is 12.5. The Kier molecular flexibility index (Phi) is 3.94. The number of rotatable bonds is 4. The van der Waals surface area contributed by atoms with Crippen LogP contribution in [0.5, 0.6) is 0 Å². The Bertz CT molecular complexity index is 578. The van der Waals surface area contributed by atoms with E-state index in [-0.39, 0.29) is 17.7 Å². The molecule has 4 nitrogen and oxygen atoms in total. The number of hydrogen-bond acceptors (Lipinski definition) is 2. The van der Waals surface area contributed by atoms with Crippen LogP contribution in [0.4, 0.5) is 0 Å². The van der Waals surface area contributed by atoms with Crippen LogP contribution in [0, 0.1) is 5.92 Å². The molecule has 0 aromatic heterocycles. The highest BCUT2D eigenvalue weighted by atomic mass is 16.4. The third kappa shape index (κ3) is 2.74. The van der Waals surface area contributed by atoms with Gasteiger partial charge in [-0.3, -0.25) is 4.79 Å². The maximum Gasteiger partial charge on any atom is 0.326 e. The molecule has 1 aliphatic carbocycles. The minimum atomic E-state index is -0.871. The largest absolute Gasteiger partial charge is 0.480 e. The molecule has 1 amide bonds. The summed E-state index contributed by atoms with van der Waals surface area (Å²) in [6, 6.07) is 7.89. The highest BCUT2D eigenvalue weighted by Gasteiger charge is 2.48. The van der Waals surface area contributed by atoms with Crippen LogP contribution in [0.1, 0.15) is 56.1 Å². The van der Waals surface area contributed by atoms with E-state index in [1.807, 2.05) is 0 Å². The summed E-state index contributed by atoms with van der Waals surface area (Å²) in [6.07, 6.45) is 2.23. The zero-order valence-corrected chi connectivity index (χ0v) is 13.2. The van der Waals surface area contributed by atoms with Crippen molar-refractivity contribution in [2.45, 2.75) is 51.0 Å². The van der Waals surface area contributed by atoms with E-state index >= 15 is 0 Å². The number of aliphatic carboxylic acids is 1. The van der Waals surface area contributed by atoms with Gasteiger partial charge in [-0.25, -0.2) is 4.79 Å². The number of carbonyl (C=O) groups excluding carboxylic acids is 1. The topological polar surface area (TPSA) is 57.6 Å². The van der Waals surface area contributed by atoms with E-state index in [2.05, 4.69) is 38.1 Å². The Hall–Kier alpha value is -1.84. The van der Waals surface area contributed by atoms with E-state index in [0.717, 1.165) is 12.8 Å². The molecule has 4 heteroatoms. The molecule has 22 heavy (non-hydrogen) atoms. The number of benzene rings is 1. The van der Waals surface area contributed by atoms with Crippen LogP contribution in [0.25, 0.3) is 0 Å². The first-order chi connectivity index (χ1) is 10.5. The summed E-state index contributed by atoms with van der Waals surface area (Å²) in [6.45, 7) is 4.92. The lowest BCUT2D eigenvalue weighted by molar-refractivity contribution is -0.148. The average Bonchev–Trinajstić information content (AvgIpc) is 3.14. The predicted octanol–water partition coefficient (Wildman–Crippen LogP) is 2.99. The van der Waals surface area contributed by atoms with Crippen LogP contribution < -0.4 is 0 Å². The molecule has 1 aromatic rings. The lowest BCUT2D eigenvalue weighted by Crippen LogP contribution is -2.41. The Morgan fingerprint density at radius 3 is 2.50 bits per heavy atom. The van der Waals surface area contributed by atoms with Gasteiger partial charge in [0.25, 0.3) is 0 Å². The highest BCUT2D eigenvalue weighted by Crippen LogP contribution is 2.49. The molecule has 0 radical (unpaired) electrons. The van der Waals surface area contributed by atoms with E-state index in [4.69, 9.17) is 0 Å². The van der Waals surface area contributed by atoms with Crippen LogP contribution in [-0.2, 0) is 9.59 Å². The Labute approximate surface area is 131 Å². The Morgan fingerprint density at radius 2 is 1.91 bits per heavy atom. The third-order valence-corrected chi connectivity index (χ3v) is 4.96. The summed E-state index contributed by atoms with van der Waals surface area (Å²) in [5.41, 5.74) is 2.51. The minimum absolute atomic E-state index is 0.0233. The molecule has 1 N–H and O–H groups in total. The van der Waals surface area contributed by atoms with Crippen molar-refractivity contribution in [2.24, 2.45) is 5.92 Å². The van der Waals surface area contributed by atoms with Crippen molar-refractivity contribution in [1.82, 2.24) is 4.90 Å². The number of likely N-dealkylation sites (tertiary alicyclic amines) is 1. The van der Waals surface area contributed by atoms with E-state index < -0.39 is 12.0 Å². The van der Waals surface area contributed by atoms with Gasteiger partial charge >= 0.3 is 5.97 Å². The Morgan fingerprint density at radius 1 is 1.23 bits per heavy atom. The van der Waals surface area contributed by atoms with E-state index in [0.29, 0.717) is 18.9 Å². The summed E-state index contributed by atoms with van der Waals surface area (Å²) in [5.74, 6) is -0.0904. The minimum Gasteiger partial charge on any atom is -0.480 e. The molecule has 118 valence electrons. The molecule has 2 unspecified atom stereocenters. The number of nitrogens with zero attached hydrogens (tertiary/aromatic N) is 1. The third-order valence-electron chi connectivity index (χ3n) is 4.96. The summed E-state index contributed by atoms with van der Waals surface area (Å²) >= 11 is 0. The molecule has 1 saturated carbocycles. The van der Waals surface area contributed by atoms with Gasteiger partial charge in [-0.2, -0.15) is 0 Å². The zero-order valence-electron chi connectivity index (χ0n) is 13.2. The molecule has 1 aliphatic heterocycles. The van der Waals surface area contributed by atoms with E-state index in [1.165, 1.54) is 11.1 Å². The number of amides is 1. The smallest absolute Gasteiger partial charge is 0.326 e. The van der Waals surface area contributed by atoms with Gasteiger partial charge in [0, 0.05) is 12.5 Å². The van der Waals surface area contributed by atoms with Crippen LogP contribution in [0.2, 0.25) is 0 Å². The van der Waals surface area contributed by atoms with Gasteiger partial charge in [-0.15, -0.1) is 0 Å². The molecule has 0 bridgehead atoms. The van der Waals surface area contributed by atoms with Crippen molar-refractivity contribution in [1.29, 1.82) is 0 Å². The zero-order chi connectivity index (χ0) is 15.9.